The lowest BCUT2D eigenvalue weighted by Gasteiger charge is -2.23. The summed E-state index contributed by atoms with van der Waals surface area (Å²) >= 11 is 0. The third-order valence-electron chi connectivity index (χ3n) is 2.81. The zero-order valence-electron chi connectivity index (χ0n) is 10.3. The van der Waals surface area contributed by atoms with Gasteiger partial charge in [-0.25, -0.2) is 4.79 Å². The standard InChI is InChI=1S/C13H18FNOSi/c1-4-17(2,3)11-10-15(13(14)16)12-8-6-5-7-9-12/h4-9H,1,10-11H2,2-3H3. The van der Waals surface area contributed by atoms with Crippen molar-refractivity contribution in [2.75, 3.05) is 11.4 Å². The summed E-state index contributed by atoms with van der Waals surface area (Å²) < 4.78 is 13.0. The third kappa shape index (κ3) is 4.15. The number of amides is 1. The van der Waals surface area contributed by atoms with Crippen LogP contribution < -0.4 is 4.90 Å². The van der Waals surface area contributed by atoms with Gasteiger partial charge in [-0.3, -0.25) is 4.90 Å². The minimum atomic E-state index is -1.52. The van der Waals surface area contributed by atoms with Gasteiger partial charge in [0.05, 0.1) is 8.07 Å². The monoisotopic (exact) mass is 251 g/mol. The number of halogens is 1. The maximum absolute atomic E-state index is 13.0. The minimum Gasteiger partial charge on any atom is -0.285 e. The van der Waals surface area contributed by atoms with Crippen molar-refractivity contribution in [1.29, 1.82) is 0 Å². The van der Waals surface area contributed by atoms with E-state index in [1.807, 2.05) is 11.8 Å². The van der Waals surface area contributed by atoms with Gasteiger partial charge in [0.1, 0.15) is 0 Å². The highest BCUT2D eigenvalue weighted by atomic mass is 28.3. The largest absolute Gasteiger partial charge is 0.404 e. The Labute approximate surface area is 103 Å². The van der Waals surface area contributed by atoms with Crippen LogP contribution in [0.25, 0.3) is 0 Å². The second kappa shape index (κ2) is 5.77. The quantitative estimate of drug-likeness (QED) is 0.440. The lowest BCUT2D eigenvalue weighted by atomic mass is 10.3. The van der Waals surface area contributed by atoms with Gasteiger partial charge in [-0.2, -0.15) is 0 Å². The lowest BCUT2D eigenvalue weighted by molar-refractivity contribution is 0.228. The second-order valence-corrected chi connectivity index (χ2v) is 9.57. The molecule has 0 aliphatic heterocycles. The molecule has 0 saturated heterocycles. The lowest BCUT2D eigenvalue weighted by Crippen LogP contribution is -2.34. The number of rotatable bonds is 5. The van der Waals surface area contributed by atoms with E-state index in [-0.39, 0.29) is 0 Å². The van der Waals surface area contributed by atoms with Crippen LogP contribution in [0.3, 0.4) is 0 Å². The van der Waals surface area contributed by atoms with E-state index >= 15 is 0 Å². The fourth-order valence-corrected chi connectivity index (χ4v) is 2.43. The van der Waals surface area contributed by atoms with Crippen LogP contribution in [0.4, 0.5) is 14.9 Å². The van der Waals surface area contributed by atoms with Crippen LogP contribution in [0.2, 0.25) is 19.1 Å². The molecule has 0 fully saturated rings. The summed E-state index contributed by atoms with van der Waals surface area (Å²) in [6, 6.07) is 9.70. The Bertz CT molecular complexity index is 392. The Balaban J connectivity index is 2.76. The second-order valence-electron chi connectivity index (χ2n) is 4.68. The smallest absolute Gasteiger partial charge is 0.285 e. The molecule has 0 saturated carbocycles. The molecular formula is C13H18FNOSi. The number of hydrogen-bond donors (Lipinski definition) is 0. The average Bonchev–Trinajstić information content (AvgIpc) is 2.30. The van der Waals surface area contributed by atoms with Gasteiger partial charge in [0.15, 0.2) is 0 Å². The molecular weight excluding hydrogens is 233 g/mol. The predicted molar refractivity (Wildman–Crippen MR) is 72.8 cm³/mol. The highest BCUT2D eigenvalue weighted by Crippen LogP contribution is 2.18. The number of carbonyl (C=O) groups is 1. The third-order valence-corrected chi connectivity index (χ3v) is 5.43. The van der Waals surface area contributed by atoms with Gasteiger partial charge in [-0.15, -0.1) is 16.7 Å². The fourth-order valence-electron chi connectivity index (χ4n) is 1.43. The van der Waals surface area contributed by atoms with Gasteiger partial charge in [0, 0.05) is 12.2 Å². The Hall–Kier alpha value is -1.42. The highest BCUT2D eigenvalue weighted by molar-refractivity contribution is 6.82. The first-order valence-electron chi connectivity index (χ1n) is 5.62. The maximum Gasteiger partial charge on any atom is 0.404 e. The molecule has 0 bridgehead atoms. The molecule has 0 spiro atoms. The van der Waals surface area contributed by atoms with E-state index in [2.05, 4.69) is 19.7 Å². The van der Waals surface area contributed by atoms with Gasteiger partial charge in [0.25, 0.3) is 0 Å². The van der Waals surface area contributed by atoms with Crippen molar-refractivity contribution in [1.82, 2.24) is 0 Å². The number of para-hydroxylation sites is 1. The molecule has 0 radical (unpaired) electrons. The summed E-state index contributed by atoms with van der Waals surface area (Å²) in [4.78, 5) is 12.2. The number of anilines is 1. The fraction of sp³-hybridized carbons (Fsp3) is 0.308. The van der Waals surface area contributed by atoms with Crippen molar-refractivity contribution in [3.05, 3.63) is 42.6 Å². The van der Waals surface area contributed by atoms with Crippen molar-refractivity contribution >= 4 is 19.9 Å². The number of nitrogens with zero attached hydrogens (tertiary/aromatic N) is 1. The summed E-state index contributed by atoms with van der Waals surface area (Å²) in [5.41, 5.74) is 2.56. The first-order valence-corrected chi connectivity index (χ1v) is 8.90. The van der Waals surface area contributed by atoms with Crippen molar-refractivity contribution in [2.45, 2.75) is 19.1 Å². The molecule has 17 heavy (non-hydrogen) atoms. The molecule has 1 amide bonds. The molecule has 0 atom stereocenters. The van der Waals surface area contributed by atoms with Crippen molar-refractivity contribution in [3.8, 4) is 0 Å². The van der Waals surface area contributed by atoms with E-state index in [9.17, 15) is 9.18 Å². The van der Waals surface area contributed by atoms with Crippen LogP contribution >= 0.6 is 0 Å². The topological polar surface area (TPSA) is 20.3 Å². The Morgan fingerprint density at radius 3 is 2.47 bits per heavy atom. The summed E-state index contributed by atoms with van der Waals surface area (Å²) in [7, 11) is -1.52. The molecule has 1 aromatic carbocycles. The van der Waals surface area contributed by atoms with E-state index in [1.165, 1.54) is 4.90 Å². The van der Waals surface area contributed by atoms with Crippen molar-refractivity contribution in [2.24, 2.45) is 0 Å². The van der Waals surface area contributed by atoms with Crippen LogP contribution in [-0.4, -0.2) is 20.8 Å². The van der Waals surface area contributed by atoms with E-state index in [0.29, 0.717) is 12.2 Å². The molecule has 0 aliphatic rings. The van der Waals surface area contributed by atoms with Crippen LogP contribution in [0.1, 0.15) is 0 Å². The molecule has 1 rings (SSSR count). The highest BCUT2D eigenvalue weighted by Gasteiger charge is 2.21. The van der Waals surface area contributed by atoms with E-state index in [0.717, 1.165) is 6.04 Å². The average molecular weight is 251 g/mol. The van der Waals surface area contributed by atoms with Crippen LogP contribution in [-0.2, 0) is 0 Å². The SMILES string of the molecule is C=C[Si](C)(C)CCN(C(=O)F)c1ccccc1. The van der Waals surface area contributed by atoms with E-state index in [4.69, 9.17) is 0 Å². The van der Waals surface area contributed by atoms with Crippen molar-refractivity contribution < 1.29 is 9.18 Å². The predicted octanol–water partition coefficient (Wildman–Crippen LogP) is 4.02. The number of hydrogen-bond acceptors (Lipinski definition) is 1. The number of carbonyl (C=O) groups excluding carboxylic acids is 1. The molecule has 0 aliphatic carbocycles. The summed E-state index contributed by atoms with van der Waals surface area (Å²) in [6.07, 6.45) is -1.40. The Kier molecular flexibility index (Phi) is 4.63. The molecule has 0 aromatic heterocycles. The zero-order valence-corrected chi connectivity index (χ0v) is 11.3. The van der Waals surface area contributed by atoms with Crippen LogP contribution in [0.15, 0.2) is 42.6 Å². The molecule has 92 valence electrons. The van der Waals surface area contributed by atoms with Gasteiger partial charge < -0.3 is 0 Å². The van der Waals surface area contributed by atoms with Gasteiger partial charge >= 0.3 is 6.16 Å². The first kappa shape index (κ1) is 13.6. The summed E-state index contributed by atoms with van der Waals surface area (Å²) in [5, 5.41) is 0. The van der Waals surface area contributed by atoms with Gasteiger partial charge in [0.2, 0.25) is 0 Å². The Morgan fingerprint density at radius 2 is 2.00 bits per heavy atom. The molecule has 4 heteroatoms. The van der Waals surface area contributed by atoms with Gasteiger partial charge in [-0.1, -0.05) is 31.3 Å². The van der Waals surface area contributed by atoms with Crippen molar-refractivity contribution in [3.63, 3.8) is 0 Å². The molecule has 2 nitrogen and oxygen atoms in total. The first-order chi connectivity index (χ1) is 7.96. The maximum atomic E-state index is 13.0. The molecule has 0 N–H and O–H groups in total. The van der Waals surface area contributed by atoms with Gasteiger partial charge in [-0.05, 0) is 18.2 Å². The van der Waals surface area contributed by atoms with E-state index < -0.39 is 14.2 Å². The minimum absolute atomic E-state index is 0.407. The molecule has 1 aromatic rings. The summed E-state index contributed by atoms with van der Waals surface area (Å²) in [5.74, 6) is 0. The molecule has 0 unspecified atom stereocenters. The Morgan fingerprint density at radius 1 is 1.41 bits per heavy atom. The zero-order chi connectivity index (χ0) is 12.9. The normalized spacial score (nSPS) is 11.0. The summed E-state index contributed by atoms with van der Waals surface area (Å²) in [6.45, 7) is 8.49. The van der Waals surface area contributed by atoms with E-state index in [1.54, 1.807) is 24.3 Å². The van der Waals surface area contributed by atoms with Crippen LogP contribution in [0, 0.1) is 0 Å². The number of benzene rings is 1. The molecule has 0 heterocycles. The van der Waals surface area contributed by atoms with Crippen LogP contribution in [0.5, 0.6) is 0 Å².